The van der Waals surface area contributed by atoms with Crippen LogP contribution in [0.15, 0.2) is 42.6 Å². The van der Waals surface area contributed by atoms with Gasteiger partial charge in [-0.25, -0.2) is 0 Å². The van der Waals surface area contributed by atoms with Crippen molar-refractivity contribution in [3.8, 4) is 17.0 Å². The zero-order valence-electron chi connectivity index (χ0n) is 9.18. The van der Waals surface area contributed by atoms with E-state index in [0.717, 1.165) is 22.6 Å². The van der Waals surface area contributed by atoms with Crippen LogP contribution in [0, 0.1) is 0 Å². The lowest BCUT2D eigenvalue weighted by Gasteiger charge is -2.07. The van der Waals surface area contributed by atoms with E-state index in [0.29, 0.717) is 6.54 Å². The van der Waals surface area contributed by atoms with Crippen LogP contribution >= 0.6 is 0 Å². The zero-order valence-corrected chi connectivity index (χ0v) is 9.18. The second-order valence-corrected chi connectivity index (χ2v) is 3.46. The number of pyridine rings is 1. The van der Waals surface area contributed by atoms with Crippen molar-refractivity contribution in [1.82, 2.24) is 4.98 Å². The van der Waals surface area contributed by atoms with Crippen molar-refractivity contribution in [3.05, 3.63) is 48.2 Å². The highest BCUT2D eigenvalue weighted by Crippen LogP contribution is 2.27. The first-order chi connectivity index (χ1) is 7.85. The van der Waals surface area contributed by atoms with Crippen molar-refractivity contribution in [2.24, 2.45) is 5.73 Å². The van der Waals surface area contributed by atoms with Crippen molar-refractivity contribution in [2.45, 2.75) is 6.54 Å². The fraction of sp³-hybridized carbons (Fsp3) is 0.154. The Kier molecular flexibility index (Phi) is 3.17. The van der Waals surface area contributed by atoms with Gasteiger partial charge in [-0.15, -0.1) is 0 Å². The molecule has 0 unspecified atom stereocenters. The highest BCUT2D eigenvalue weighted by Gasteiger charge is 2.05. The molecule has 2 rings (SSSR count). The summed E-state index contributed by atoms with van der Waals surface area (Å²) in [6.45, 7) is 0.513. The van der Waals surface area contributed by atoms with Gasteiger partial charge in [0, 0.05) is 18.3 Å². The van der Waals surface area contributed by atoms with E-state index in [2.05, 4.69) is 4.98 Å². The molecule has 2 aromatic rings. The van der Waals surface area contributed by atoms with Gasteiger partial charge in [0.15, 0.2) is 0 Å². The van der Waals surface area contributed by atoms with Crippen LogP contribution in [0.1, 0.15) is 5.56 Å². The lowest BCUT2D eigenvalue weighted by Crippen LogP contribution is -1.97. The third kappa shape index (κ3) is 2.04. The summed E-state index contributed by atoms with van der Waals surface area (Å²) in [5.41, 5.74) is 8.45. The fourth-order valence-electron chi connectivity index (χ4n) is 1.56. The quantitative estimate of drug-likeness (QED) is 0.852. The average Bonchev–Trinajstić information content (AvgIpc) is 2.39. The predicted molar refractivity (Wildman–Crippen MR) is 64.1 cm³/mol. The summed E-state index contributed by atoms with van der Waals surface area (Å²) >= 11 is 0. The highest BCUT2D eigenvalue weighted by atomic mass is 16.5. The predicted octanol–water partition coefficient (Wildman–Crippen LogP) is 2.22. The van der Waals surface area contributed by atoms with Crippen molar-refractivity contribution >= 4 is 0 Å². The minimum atomic E-state index is 0.513. The molecule has 0 saturated heterocycles. The van der Waals surface area contributed by atoms with E-state index in [1.54, 1.807) is 13.3 Å². The molecular formula is C13H14N2O. The Morgan fingerprint density at radius 2 is 2.00 bits per heavy atom. The number of benzene rings is 1. The third-order valence-corrected chi connectivity index (χ3v) is 2.44. The molecule has 16 heavy (non-hydrogen) atoms. The molecule has 0 aliphatic rings. The number of hydrogen-bond donors (Lipinski definition) is 1. The molecule has 0 bridgehead atoms. The van der Waals surface area contributed by atoms with Crippen LogP contribution in [0.25, 0.3) is 11.3 Å². The molecule has 3 nitrogen and oxygen atoms in total. The summed E-state index contributed by atoms with van der Waals surface area (Å²) in [5.74, 6) is 0.829. The molecule has 82 valence electrons. The van der Waals surface area contributed by atoms with Crippen LogP contribution in [0.2, 0.25) is 0 Å². The summed E-state index contributed by atoms with van der Waals surface area (Å²) in [6.07, 6.45) is 1.79. The third-order valence-electron chi connectivity index (χ3n) is 2.44. The summed E-state index contributed by atoms with van der Waals surface area (Å²) < 4.78 is 5.29. The van der Waals surface area contributed by atoms with Crippen molar-refractivity contribution in [2.75, 3.05) is 7.11 Å². The van der Waals surface area contributed by atoms with Crippen LogP contribution in [-0.2, 0) is 6.54 Å². The van der Waals surface area contributed by atoms with E-state index in [-0.39, 0.29) is 0 Å². The van der Waals surface area contributed by atoms with E-state index in [1.807, 2.05) is 36.4 Å². The highest BCUT2D eigenvalue weighted by molar-refractivity contribution is 5.66. The molecule has 0 saturated carbocycles. The maximum atomic E-state index is 5.53. The van der Waals surface area contributed by atoms with Gasteiger partial charge in [0.2, 0.25) is 0 Å². The van der Waals surface area contributed by atoms with Crippen LogP contribution in [-0.4, -0.2) is 12.1 Å². The van der Waals surface area contributed by atoms with Gasteiger partial charge in [0.05, 0.1) is 12.8 Å². The van der Waals surface area contributed by atoms with Gasteiger partial charge in [-0.1, -0.05) is 18.2 Å². The van der Waals surface area contributed by atoms with Crippen LogP contribution in [0.4, 0.5) is 0 Å². The molecule has 1 heterocycles. The molecular weight excluding hydrogens is 200 g/mol. The van der Waals surface area contributed by atoms with E-state index in [9.17, 15) is 0 Å². The number of nitrogens with zero attached hydrogens (tertiary/aromatic N) is 1. The Bertz CT molecular complexity index is 466. The van der Waals surface area contributed by atoms with E-state index in [4.69, 9.17) is 10.5 Å². The number of aromatic nitrogens is 1. The summed E-state index contributed by atoms with van der Waals surface area (Å²) in [6, 6.07) is 11.8. The summed E-state index contributed by atoms with van der Waals surface area (Å²) in [5, 5.41) is 0. The molecule has 0 aliphatic carbocycles. The second kappa shape index (κ2) is 4.77. The Labute approximate surface area is 94.9 Å². The maximum absolute atomic E-state index is 5.53. The monoisotopic (exact) mass is 214 g/mol. The minimum absolute atomic E-state index is 0.513. The summed E-state index contributed by atoms with van der Waals surface area (Å²) in [4.78, 5) is 4.37. The topological polar surface area (TPSA) is 48.1 Å². The van der Waals surface area contributed by atoms with Crippen molar-refractivity contribution in [1.29, 1.82) is 0 Å². The van der Waals surface area contributed by atoms with Gasteiger partial charge < -0.3 is 10.5 Å². The van der Waals surface area contributed by atoms with Crippen molar-refractivity contribution < 1.29 is 4.74 Å². The molecule has 0 amide bonds. The van der Waals surface area contributed by atoms with Gasteiger partial charge in [-0.3, -0.25) is 4.98 Å². The Morgan fingerprint density at radius 3 is 2.62 bits per heavy atom. The molecule has 1 aromatic heterocycles. The van der Waals surface area contributed by atoms with Gasteiger partial charge in [0.1, 0.15) is 5.75 Å². The first-order valence-electron chi connectivity index (χ1n) is 5.13. The molecule has 0 aliphatic heterocycles. The minimum Gasteiger partial charge on any atom is -0.496 e. The average molecular weight is 214 g/mol. The molecule has 0 fully saturated rings. The first-order valence-corrected chi connectivity index (χ1v) is 5.13. The first kappa shape index (κ1) is 10.6. The Morgan fingerprint density at radius 1 is 1.19 bits per heavy atom. The van der Waals surface area contributed by atoms with Crippen LogP contribution < -0.4 is 10.5 Å². The smallest absolute Gasteiger partial charge is 0.128 e. The lowest BCUT2D eigenvalue weighted by molar-refractivity contribution is 0.416. The largest absolute Gasteiger partial charge is 0.496 e. The van der Waals surface area contributed by atoms with Gasteiger partial charge >= 0.3 is 0 Å². The van der Waals surface area contributed by atoms with Gasteiger partial charge in [-0.05, 0) is 23.8 Å². The number of hydrogen-bond acceptors (Lipinski definition) is 3. The molecule has 0 spiro atoms. The van der Waals surface area contributed by atoms with E-state index >= 15 is 0 Å². The standard InChI is InChI=1S/C13H14N2O/c1-16-13-5-3-2-4-11(13)12-7-6-10(8-14)9-15-12/h2-7,9H,8,14H2,1H3. The summed E-state index contributed by atoms with van der Waals surface area (Å²) in [7, 11) is 1.66. The second-order valence-electron chi connectivity index (χ2n) is 3.46. The number of ether oxygens (including phenoxy) is 1. The molecule has 1 aromatic carbocycles. The zero-order chi connectivity index (χ0) is 11.4. The number of nitrogens with two attached hydrogens (primary N) is 1. The van der Waals surface area contributed by atoms with Gasteiger partial charge in [0.25, 0.3) is 0 Å². The van der Waals surface area contributed by atoms with Gasteiger partial charge in [-0.2, -0.15) is 0 Å². The maximum Gasteiger partial charge on any atom is 0.128 e. The number of rotatable bonds is 3. The van der Waals surface area contributed by atoms with Crippen LogP contribution in [0.3, 0.4) is 0 Å². The Balaban J connectivity index is 2.42. The van der Waals surface area contributed by atoms with E-state index in [1.165, 1.54) is 0 Å². The molecule has 0 atom stereocenters. The molecule has 3 heteroatoms. The van der Waals surface area contributed by atoms with Crippen LogP contribution in [0.5, 0.6) is 5.75 Å². The Hall–Kier alpha value is -1.87. The normalized spacial score (nSPS) is 10.1. The molecule has 0 radical (unpaired) electrons. The van der Waals surface area contributed by atoms with E-state index < -0.39 is 0 Å². The SMILES string of the molecule is COc1ccccc1-c1ccc(CN)cn1. The number of para-hydroxylation sites is 1. The lowest BCUT2D eigenvalue weighted by atomic mass is 10.1. The molecule has 2 N–H and O–H groups in total. The fourth-order valence-corrected chi connectivity index (χ4v) is 1.56. The van der Waals surface area contributed by atoms with Crippen molar-refractivity contribution in [3.63, 3.8) is 0 Å². The number of methoxy groups -OCH3 is 1.